The molecule has 5 nitrogen and oxygen atoms in total. The first-order chi connectivity index (χ1) is 11.4. The molecule has 0 unspecified atom stereocenters. The number of rotatable bonds is 5. The van der Waals surface area contributed by atoms with Crippen molar-refractivity contribution in [2.24, 2.45) is 5.10 Å². The van der Waals surface area contributed by atoms with E-state index in [1.165, 1.54) is 12.3 Å². The van der Waals surface area contributed by atoms with Crippen molar-refractivity contribution < 1.29 is 14.6 Å². The number of aromatic hydroxyl groups is 1. The molecule has 0 fully saturated rings. The molecule has 1 amide bonds. The minimum Gasteiger partial charge on any atom is -0.506 e. The number of phenolic OH excluding ortho intramolecular Hbond substituents is 1. The van der Waals surface area contributed by atoms with E-state index in [0.717, 1.165) is 5.56 Å². The lowest BCUT2D eigenvalue weighted by atomic mass is 10.2. The van der Waals surface area contributed by atoms with Crippen molar-refractivity contribution in [3.05, 3.63) is 56.0 Å². The van der Waals surface area contributed by atoms with Gasteiger partial charge in [0.1, 0.15) is 11.5 Å². The summed E-state index contributed by atoms with van der Waals surface area (Å²) in [5, 5.41) is 14.6. The van der Waals surface area contributed by atoms with Crippen molar-refractivity contribution in [3.63, 3.8) is 0 Å². The average Bonchev–Trinajstić information content (AvgIpc) is 2.51. The molecule has 2 N–H and O–H groups in total. The highest BCUT2D eigenvalue weighted by Gasteiger charge is 2.07. The third-order valence-corrected chi connectivity index (χ3v) is 4.00. The average molecular weight is 432 g/mol. The van der Waals surface area contributed by atoms with Crippen LogP contribution in [0.15, 0.2) is 39.9 Å². The molecule has 0 aliphatic heterocycles. The summed E-state index contributed by atoms with van der Waals surface area (Å²) in [7, 11) is 0. The van der Waals surface area contributed by atoms with Crippen molar-refractivity contribution in [1.82, 2.24) is 5.43 Å². The lowest BCUT2D eigenvalue weighted by molar-refractivity contribution is -0.123. The lowest BCUT2D eigenvalue weighted by Crippen LogP contribution is -2.24. The van der Waals surface area contributed by atoms with Gasteiger partial charge in [-0.3, -0.25) is 4.79 Å². The van der Waals surface area contributed by atoms with Gasteiger partial charge in [0.15, 0.2) is 6.61 Å². The smallest absolute Gasteiger partial charge is 0.277 e. The molecule has 0 aromatic heterocycles. The fourth-order valence-corrected chi connectivity index (χ4v) is 2.87. The second-order valence-electron chi connectivity index (χ2n) is 4.82. The topological polar surface area (TPSA) is 70.9 Å². The largest absolute Gasteiger partial charge is 0.506 e. The minimum absolute atomic E-state index is 0.0227. The Balaban J connectivity index is 1.91. The van der Waals surface area contributed by atoms with Gasteiger partial charge in [-0.15, -0.1) is 0 Å². The van der Waals surface area contributed by atoms with Crippen LogP contribution in [-0.4, -0.2) is 23.8 Å². The van der Waals surface area contributed by atoms with Crippen LogP contribution in [-0.2, 0) is 4.79 Å². The Morgan fingerprint density at radius 1 is 1.33 bits per heavy atom. The first-order valence-corrected chi connectivity index (χ1v) is 8.30. The number of phenols is 1. The first kappa shape index (κ1) is 18.6. The number of nitrogens with one attached hydrogen (secondary N) is 1. The van der Waals surface area contributed by atoms with Crippen molar-refractivity contribution >= 4 is 51.3 Å². The number of hydrogen-bond acceptors (Lipinski definition) is 4. The molecule has 2 rings (SSSR count). The molecule has 0 spiro atoms. The van der Waals surface area contributed by atoms with E-state index in [1.807, 2.05) is 6.92 Å². The van der Waals surface area contributed by atoms with E-state index in [-0.39, 0.29) is 12.4 Å². The number of carbonyl (C=O) groups is 1. The monoisotopic (exact) mass is 430 g/mol. The number of nitrogens with zero attached hydrogens (tertiary/aromatic N) is 1. The van der Waals surface area contributed by atoms with Gasteiger partial charge in [0.25, 0.3) is 5.91 Å². The maximum Gasteiger partial charge on any atom is 0.277 e. The fraction of sp³-hybridized carbons (Fsp3) is 0.125. The number of hydrogen-bond donors (Lipinski definition) is 2. The van der Waals surface area contributed by atoms with Gasteiger partial charge in [0, 0.05) is 15.6 Å². The molecule has 0 atom stereocenters. The Bertz CT molecular complexity index is 797. The predicted octanol–water partition coefficient (Wildman–Crippen LogP) is 4.30. The van der Waals surface area contributed by atoms with Gasteiger partial charge >= 0.3 is 0 Å². The van der Waals surface area contributed by atoms with E-state index < -0.39 is 5.91 Å². The summed E-state index contributed by atoms with van der Waals surface area (Å²) in [5.74, 6) is 0.0987. The summed E-state index contributed by atoms with van der Waals surface area (Å²) < 4.78 is 5.83. The molecule has 0 aliphatic carbocycles. The molecule has 126 valence electrons. The summed E-state index contributed by atoms with van der Waals surface area (Å²) >= 11 is 14.9. The molecule has 2 aromatic carbocycles. The number of halogens is 3. The van der Waals surface area contributed by atoms with Crippen LogP contribution in [0, 0.1) is 6.92 Å². The lowest BCUT2D eigenvalue weighted by Gasteiger charge is -2.08. The van der Waals surface area contributed by atoms with Crippen LogP contribution in [0.1, 0.15) is 11.1 Å². The molecular formula is C16H13BrCl2N2O3. The molecular weight excluding hydrogens is 419 g/mol. The zero-order valence-corrected chi connectivity index (χ0v) is 15.6. The second kappa shape index (κ2) is 8.37. The summed E-state index contributed by atoms with van der Waals surface area (Å²) in [5.41, 5.74) is 3.50. The summed E-state index contributed by atoms with van der Waals surface area (Å²) in [6, 6.07) is 8.18. The molecule has 0 bridgehead atoms. The highest BCUT2D eigenvalue weighted by Crippen LogP contribution is 2.30. The normalized spacial score (nSPS) is 10.8. The van der Waals surface area contributed by atoms with Crippen molar-refractivity contribution in [1.29, 1.82) is 0 Å². The molecule has 0 heterocycles. The molecule has 0 aliphatic rings. The van der Waals surface area contributed by atoms with Crippen LogP contribution in [0.5, 0.6) is 11.5 Å². The van der Waals surface area contributed by atoms with Crippen LogP contribution < -0.4 is 10.2 Å². The maximum absolute atomic E-state index is 11.7. The summed E-state index contributed by atoms with van der Waals surface area (Å²) in [4.78, 5) is 11.7. The van der Waals surface area contributed by atoms with Gasteiger partial charge in [-0.2, -0.15) is 5.10 Å². The molecule has 24 heavy (non-hydrogen) atoms. The quantitative estimate of drug-likeness (QED) is 0.547. The van der Waals surface area contributed by atoms with Crippen molar-refractivity contribution in [2.75, 3.05) is 6.61 Å². The first-order valence-electron chi connectivity index (χ1n) is 6.75. The molecule has 2 aromatic rings. The van der Waals surface area contributed by atoms with Crippen LogP contribution in [0.4, 0.5) is 0 Å². The van der Waals surface area contributed by atoms with E-state index in [0.29, 0.717) is 25.8 Å². The van der Waals surface area contributed by atoms with E-state index in [1.54, 1.807) is 24.3 Å². The molecule has 0 saturated carbocycles. The van der Waals surface area contributed by atoms with Crippen molar-refractivity contribution in [3.8, 4) is 11.5 Å². The molecule has 0 saturated heterocycles. The van der Waals surface area contributed by atoms with E-state index in [4.69, 9.17) is 27.9 Å². The predicted molar refractivity (Wildman–Crippen MR) is 98.2 cm³/mol. The zero-order chi connectivity index (χ0) is 17.7. The summed E-state index contributed by atoms with van der Waals surface area (Å²) in [6.45, 7) is 1.63. The Morgan fingerprint density at radius 3 is 2.79 bits per heavy atom. The van der Waals surface area contributed by atoms with E-state index in [9.17, 15) is 9.90 Å². The molecule has 8 heteroatoms. The number of aryl methyl sites for hydroxylation is 1. The number of amides is 1. The number of hydrazone groups is 1. The van der Waals surface area contributed by atoms with Gasteiger partial charge in [0.05, 0.1) is 10.7 Å². The number of ether oxygens (including phenoxy) is 1. The van der Waals surface area contributed by atoms with Crippen LogP contribution >= 0.6 is 39.1 Å². The Kier molecular flexibility index (Phi) is 6.48. The Morgan fingerprint density at radius 2 is 2.08 bits per heavy atom. The summed E-state index contributed by atoms with van der Waals surface area (Å²) in [6.07, 6.45) is 1.29. The van der Waals surface area contributed by atoms with Gasteiger partial charge < -0.3 is 9.84 Å². The Labute approximate surface area is 157 Å². The minimum atomic E-state index is -0.443. The standard InChI is InChI=1S/C16H13BrCl2N2O3/c1-9-4-11(18)2-3-14(9)24-8-15(22)21-20-7-10-5-12(19)6-13(17)16(10)23/h2-7,23H,8H2,1H3,(H,21,22)/b20-7-. The van der Waals surface area contributed by atoms with Crippen LogP contribution in [0.2, 0.25) is 10.0 Å². The fourth-order valence-electron chi connectivity index (χ4n) is 1.81. The van der Waals surface area contributed by atoms with Crippen LogP contribution in [0.25, 0.3) is 0 Å². The Hall–Kier alpha value is -1.76. The number of benzene rings is 2. The van der Waals surface area contributed by atoms with Gasteiger partial charge in [0.2, 0.25) is 0 Å². The maximum atomic E-state index is 11.7. The third-order valence-electron chi connectivity index (χ3n) is 2.95. The van der Waals surface area contributed by atoms with Crippen LogP contribution in [0.3, 0.4) is 0 Å². The third kappa shape index (κ3) is 5.12. The highest BCUT2D eigenvalue weighted by molar-refractivity contribution is 9.10. The van der Waals surface area contributed by atoms with Gasteiger partial charge in [-0.05, 0) is 58.7 Å². The van der Waals surface area contributed by atoms with Gasteiger partial charge in [-0.1, -0.05) is 23.2 Å². The van der Waals surface area contributed by atoms with Crippen molar-refractivity contribution in [2.45, 2.75) is 6.92 Å². The molecule has 0 radical (unpaired) electrons. The SMILES string of the molecule is Cc1cc(Cl)ccc1OCC(=O)N/N=C\c1cc(Cl)cc(Br)c1O. The number of carbonyl (C=O) groups excluding carboxylic acids is 1. The van der Waals surface area contributed by atoms with E-state index in [2.05, 4.69) is 26.5 Å². The van der Waals surface area contributed by atoms with E-state index >= 15 is 0 Å². The second-order valence-corrected chi connectivity index (χ2v) is 6.54. The highest BCUT2D eigenvalue weighted by atomic mass is 79.9. The zero-order valence-electron chi connectivity index (χ0n) is 12.5. The van der Waals surface area contributed by atoms with Gasteiger partial charge in [-0.25, -0.2) is 5.43 Å².